The molecule has 52 heavy (non-hydrogen) atoms. The number of para-hydroxylation sites is 3. The van der Waals surface area contributed by atoms with Crippen LogP contribution in [0.2, 0.25) is 0 Å². The molecule has 0 bridgehead atoms. The van der Waals surface area contributed by atoms with Crippen LogP contribution in [0.3, 0.4) is 0 Å². The Bertz CT molecular complexity index is 2880. The minimum absolute atomic E-state index is 0.508. The van der Waals surface area contributed by atoms with Crippen LogP contribution in [0.4, 0.5) is 0 Å². The topological polar surface area (TPSA) is 9.86 Å². The van der Waals surface area contributed by atoms with E-state index in [-0.39, 0.29) is 0 Å². The van der Waals surface area contributed by atoms with Gasteiger partial charge in [0, 0.05) is 33.1 Å². The summed E-state index contributed by atoms with van der Waals surface area (Å²) in [6, 6.07) is 49.7. The van der Waals surface area contributed by atoms with Crippen molar-refractivity contribution in [3.63, 3.8) is 0 Å². The Kier molecular flexibility index (Phi) is 6.10. The summed E-state index contributed by atoms with van der Waals surface area (Å²) in [5.74, 6) is 0. The molecule has 3 aliphatic rings. The third kappa shape index (κ3) is 3.59. The molecule has 0 fully saturated rings. The van der Waals surface area contributed by atoms with Crippen LogP contribution in [-0.4, -0.2) is 9.13 Å². The quantitative estimate of drug-likeness (QED) is 0.177. The van der Waals surface area contributed by atoms with Crippen molar-refractivity contribution in [2.24, 2.45) is 0 Å². The van der Waals surface area contributed by atoms with Crippen LogP contribution in [0.1, 0.15) is 46.9 Å². The van der Waals surface area contributed by atoms with Gasteiger partial charge < -0.3 is 9.13 Å². The summed E-state index contributed by atoms with van der Waals surface area (Å²) in [6.45, 7) is 6.66. The Morgan fingerprint density at radius 2 is 1.29 bits per heavy atom. The van der Waals surface area contributed by atoms with E-state index in [4.69, 9.17) is 0 Å². The molecule has 2 heterocycles. The maximum Gasteiger partial charge on any atom is 0.0726 e. The average molecular weight is 665 g/mol. The van der Waals surface area contributed by atoms with Gasteiger partial charge in [0.25, 0.3) is 0 Å². The van der Waals surface area contributed by atoms with Crippen molar-refractivity contribution < 1.29 is 0 Å². The van der Waals surface area contributed by atoms with Crippen molar-refractivity contribution in [1.29, 1.82) is 0 Å². The van der Waals surface area contributed by atoms with E-state index in [2.05, 4.69) is 186 Å². The first-order chi connectivity index (χ1) is 25.8. The lowest BCUT2D eigenvalue weighted by molar-refractivity contribution is 0.785. The van der Waals surface area contributed by atoms with Crippen LogP contribution in [-0.2, 0) is 11.8 Å². The molecule has 2 heteroatoms. The lowest BCUT2D eigenvalue weighted by Crippen LogP contribution is -2.26. The number of hydrogen-bond donors (Lipinski definition) is 0. The first kappa shape index (κ1) is 29.4. The van der Waals surface area contributed by atoms with Gasteiger partial charge in [0.15, 0.2) is 0 Å². The zero-order valence-electron chi connectivity index (χ0n) is 29.1. The van der Waals surface area contributed by atoms with Crippen molar-refractivity contribution in [3.05, 3.63) is 203 Å². The maximum absolute atomic E-state index is 4.54. The molecule has 0 amide bonds. The summed E-state index contributed by atoms with van der Waals surface area (Å²) in [5, 5.41) is 3.89. The summed E-state index contributed by atoms with van der Waals surface area (Å²) in [5.41, 5.74) is 18.6. The van der Waals surface area contributed by atoms with Crippen molar-refractivity contribution in [3.8, 4) is 22.5 Å². The van der Waals surface area contributed by atoms with Crippen molar-refractivity contribution in [1.82, 2.24) is 9.13 Å². The number of benzene rings is 6. The Hall–Kier alpha value is -6.38. The van der Waals surface area contributed by atoms with Crippen LogP contribution < -0.4 is 0 Å². The number of hydrogen-bond acceptors (Lipinski definition) is 0. The molecule has 0 N–H and O–H groups in total. The second kappa shape index (κ2) is 10.8. The monoisotopic (exact) mass is 664 g/mol. The average Bonchev–Trinajstić information content (AvgIpc) is 3.90. The highest BCUT2D eigenvalue weighted by Gasteiger charge is 2.52. The van der Waals surface area contributed by atoms with Crippen LogP contribution in [0.5, 0.6) is 0 Å². The van der Waals surface area contributed by atoms with Gasteiger partial charge in [-0.1, -0.05) is 128 Å². The molecular weight excluding hydrogens is 629 g/mol. The lowest BCUT2D eigenvalue weighted by atomic mass is 9.69. The first-order valence-corrected chi connectivity index (χ1v) is 18.4. The van der Waals surface area contributed by atoms with Gasteiger partial charge in [-0.3, -0.25) is 0 Å². The summed E-state index contributed by atoms with van der Waals surface area (Å²) >= 11 is 0. The van der Waals surface area contributed by atoms with Gasteiger partial charge in [0.2, 0.25) is 0 Å². The Morgan fingerprint density at radius 1 is 0.635 bits per heavy atom. The van der Waals surface area contributed by atoms with Crippen LogP contribution in [0.25, 0.3) is 66.9 Å². The zero-order valence-corrected chi connectivity index (χ0v) is 29.1. The molecule has 1 atom stereocenters. The van der Waals surface area contributed by atoms with Gasteiger partial charge >= 0.3 is 0 Å². The molecule has 0 aliphatic heterocycles. The molecular formula is C50H36N2. The molecule has 6 aromatic carbocycles. The van der Waals surface area contributed by atoms with Gasteiger partial charge in [-0.25, -0.2) is 0 Å². The number of rotatable bonds is 4. The Balaban J connectivity index is 1.23. The van der Waals surface area contributed by atoms with Crippen molar-refractivity contribution in [2.75, 3.05) is 0 Å². The van der Waals surface area contributed by atoms with Crippen LogP contribution in [0, 0.1) is 0 Å². The highest BCUT2D eigenvalue weighted by molar-refractivity contribution is 6.09. The van der Waals surface area contributed by atoms with Gasteiger partial charge in [-0.2, -0.15) is 0 Å². The molecule has 0 saturated carbocycles. The lowest BCUT2D eigenvalue weighted by Gasteiger charge is -2.31. The largest absolute Gasteiger partial charge is 0.309 e. The summed E-state index contributed by atoms with van der Waals surface area (Å²) in [4.78, 5) is 0. The van der Waals surface area contributed by atoms with Gasteiger partial charge in [-0.15, -0.1) is 0 Å². The molecule has 11 rings (SSSR count). The Labute approximate surface area is 303 Å². The molecule has 1 unspecified atom stereocenters. The molecule has 0 radical (unpaired) electrons. The van der Waals surface area contributed by atoms with E-state index in [1.54, 1.807) is 0 Å². The smallest absolute Gasteiger partial charge is 0.0726 e. The molecule has 3 aliphatic carbocycles. The number of aryl methyl sites for hydroxylation is 1. The minimum atomic E-state index is -0.508. The fourth-order valence-electron chi connectivity index (χ4n) is 10.0. The predicted octanol–water partition coefficient (Wildman–Crippen LogP) is 12.5. The van der Waals surface area contributed by atoms with Gasteiger partial charge in [-0.05, 0) is 107 Å². The SMILES string of the molecule is C=CC1=C(/C=C\C)c2cc(-n3c4ccccc4c4ccccc43)ccc2C12c1ccccc1-c1c(-n3c4c(c5ccccc53)CCC=C4)cccc12. The van der Waals surface area contributed by atoms with E-state index in [9.17, 15) is 0 Å². The van der Waals surface area contributed by atoms with Crippen molar-refractivity contribution in [2.45, 2.75) is 25.2 Å². The molecule has 2 aromatic heterocycles. The normalized spacial score (nSPS) is 17.1. The molecule has 246 valence electrons. The second-order valence-corrected chi connectivity index (χ2v) is 14.3. The summed E-state index contributed by atoms with van der Waals surface area (Å²) in [6.07, 6.45) is 13.4. The highest BCUT2D eigenvalue weighted by atomic mass is 15.0. The van der Waals surface area contributed by atoms with Gasteiger partial charge in [0.1, 0.15) is 0 Å². The number of aromatic nitrogens is 2. The van der Waals surface area contributed by atoms with E-state index in [1.807, 2.05) is 0 Å². The molecule has 1 spiro atoms. The van der Waals surface area contributed by atoms with E-state index >= 15 is 0 Å². The predicted molar refractivity (Wildman–Crippen MR) is 219 cm³/mol. The van der Waals surface area contributed by atoms with Crippen molar-refractivity contribution >= 4 is 44.4 Å². The number of nitrogens with zero attached hydrogens (tertiary/aromatic N) is 2. The fourth-order valence-corrected chi connectivity index (χ4v) is 10.0. The fraction of sp³-hybridized carbons (Fsp3) is 0.0800. The summed E-state index contributed by atoms with van der Waals surface area (Å²) < 4.78 is 4.96. The minimum Gasteiger partial charge on any atom is -0.309 e. The van der Waals surface area contributed by atoms with Crippen LogP contribution >= 0.6 is 0 Å². The Morgan fingerprint density at radius 3 is 2.04 bits per heavy atom. The first-order valence-electron chi connectivity index (χ1n) is 18.4. The van der Waals surface area contributed by atoms with E-state index in [1.165, 1.54) is 94.2 Å². The third-order valence-electron chi connectivity index (χ3n) is 11.9. The standard InChI is InChI=1S/C50H36N2/c1-3-16-33-39-31-32(51-44-24-11-6-17-34(44)35-18-7-12-25-45(35)51)29-30-42(39)50(40(33)4-2)41-22-10-5-21-38(41)49-43(50)23-15-28-48(49)52-46-26-13-8-19-36(46)37-20-9-14-27-47(37)52/h3-8,10-19,21-31H,2,9,20H2,1H3/b16-3-. The number of fused-ring (bicyclic) bond motifs is 13. The second-order valence-electron chi connectivity index (χ2n) is 14.3. The number of allylic oxidation sites excluding steroid dienone is 6. The van der Waals surface area contributed by atoms with E-state index in [0.717, 1.165) is 18.5 Å². The summed E-state index contributed by atoms with van der Waals surface area (Å²) in [7, 11) is 0. The zero-order chi connectivity index (χ0) is 34.6. The highest BCUT2D eigenvalue weighted by Crippen LogP contribution is 2.63. The maximum atomic E-state index is 4.54. The van der Waals surface area contributed by atoms with Gasteiger partial charge in [0.05, 0.1) is 27.7 Å². The molecule has 8 aromatic rings. The van der Waals surface area contributed by atoms with E-state index < -0.39 is 5.41 Å². The third-order valence-corrected chi connectivity index (χ3v) is 11.9. The molecule has 2 nitrogen and oxygen atoms in total. The van der Waals surface area contributed by atoms with Crippen LogP contribution in [0.15, 0.2) is 170 Å². The van der Waals surface area contributed by atoms with E-state index in [0.29, 0.717) is 0 Å². The molecule has 0 saturated heterocycles.